The number of hydrogen-bond acceptors (Lipinski definition) is 3. The van der Waals surface area contributed by atoms with E-state index >= 15 is 0 Å². The van der Waals surface area contributed by atoms with Crippen molar-refractivity contribution in [2.45, 2.75) is 20.8 Å². The molecule has 0 aliphatic rings. The Morgan fingerprint density at radius 3 is 2.50 bits per heavy atom. The van der Waals surface area contributed by atoms with Gasteiger partial charge in [-0.05, 0) is 38.2 Å². The van der Waals surface area contributed by atoms with Gasteiger partial charge in [-0.3, -0.25) is 9.69 Å². The summed E-state index contributed by atoms with van der Waals surface area (Å²) in [5.41, 5.74) is 0.566. The number of ketones is 1. The molecule has 0 spiro atoms. The Balaban J connectivity index is 2.92. The van der Waals surface area contributed by atoms with E-state index in [2.05, 4.69) is 4.90 Å². The van der Waals surface area contributed by atoms with Crippen molar-refractivity contribution in [3.63, 3.8) is 0 Å². The number of rotatable bonds is 7. The molecule has 0 atom stereocenters. The molecule has 0 aromatic heterocycles. The highest BCUT2D eigenvalue weighted by Crippen LogP contribution is 2.23. The molecule has 4 heteroatoms. The third kappa shape index (κ3) is 4.00. The first-order valence-corrected chi connectivity index (χ1v) is 6.68. The van der Waals surface area contributed by atoms with Crippen LogP contribution in [0.4, 0.5) is 0 Å². The van der Waals surface area contributed by atoms with Crippen LogP contribution in [0.2, 0.25) is 5.02 Å². The lowest BCUT2D eigenvalue weighted by Crippen LogP contribution is -2.29. The van der Waals surface area contributed by atoms with Gasteiger partial charge in [0.25, 0.3) is 0 Å². The van der Waals surface area contributed by atoms with Crippen LogP contribution in [-0.2, 0) is 0 Å². The van der Waals surface area contributed by atoms with Gasteiger partial charge in [0, 0.05) is 5.02 Å². The molecule has 1 aromatic carbocycles. The summed E-state index contributed by atoms with van der Waals surface area (Å²) in [6.07, 6.45) is 0. The zero-order valence-corrected chi connectivity index (χ0v) is 12.0. The molecule has 0 amide bonds. The first-order valence-electron chi connectivity index (χ1n) is 6.30. The van der Waals surface area contributed by atoms with Gasteiger partial charge < -0.3 is 4.74 Å². The number of nitrogens with zero attached hydrogens (tertiary/aromatic N) is 1. The first-order chi connectivity index (χ1) is 8.62. The van der Waals surface area contributed by atoms with E-state index < -0.39 is 0 Å². The summed E-state index contributed by atoms with van der Waals surface area (Å²) in [7, 11) is 0. The molecule has 0 saturated carbocycles. The maximum absolute atomic E-state index is 12.2. The number of carbonyl (C=O) groups is 1. The SMILES string of the molecule is CCOc1ccc(Cl)cc1C(=O)CN(CC)CC. The van der Waals surface area contributed by atoms with Crippen LogP contribution in [0.25, 0.3) is 0 Å². The van der Waals surface area contributed by atoms with E-state index in [0.717, 1.165) is 13.1 Å². The van der Waals surface area contributed by atoms with Crippen molar-refractivity contribution >= 4 is 17.4 Å². The monoisotopic (exact) mass is 269 g/mol. The Bertz CT molecular complexity index is 403. The average Bonchev–Trinajstić information content (AvgIpc) is 2.38. The van der Waals surface area contributed by atoms with Crippen LogP contribution in [0.3, 0.4) is 0 Å². The summed E-state index contributed by atoms with van der Waals surface area (Å²) in [5.74, 6) is 0.656. The van der Waals surface area contributed by atoms with E-state index in [0.29, 0.717) is 29.5 Å². The van der Waals surface area contributed by atoms with Gasteiger partial charge in [0.15, 0.2) is 5.78 Å². The normalized spacial score (nSPS) is 10.7. The van der Waals surface area contributed by atoms with Crippen LogP contribution in [-0.4, -0.2) is 36.9 Å². The van der Waals surface area contributed by atoms with Crippen molar-refractivity contribution in [1.82, 2.24) is 4.90 Å². The van der Waals surface area contributed by atoms with Crippen LogP contribution in [0.1, 0.15) is 31.1 Å². The zero-order chi connectivity index (χ0) is 13.5. The standard InChI is InChI=1S/C14H20ClNO2/c1-4-16(5-2)10-13(17)12-9-11(15)7-8-14(12)18-6-3/h7-9H,4-6,10H2,1-3H3. The summed E-state index contributed by atoms with van der Waals surface area (Å²) in [6.45, 7) is 8.61. The highest BCUT2D eigenvalue weighted by molar-refractivity contribution is 6.31. The fourth-order valence-electron chi connectivity index (χ4n) is 1.74. The minimum absolute atomic E-state index is 0.0460. The quantitative estimate of drug-likeness (QED) is 0.712. The predicted octanol–water partition coefficient (Wildman–Crippen LogP) is 3.26. The lowest BCUT2D eigenvalue weighted by atomic mass is 10.1. The highest BCUT2D eigenvalue weighted by Gasteiger charge is 2.15. The molecular weight excluding hydrogens is 250 g/mol. The van der Waals surface area contributed by atoms with Crippen LogP contribution < -0.4 is 4.74 Å². The molecule has 0 radical (unpaired) electrons. The number of likely N-dealkylation sites (N-methyl/N-ethyl adjacent to an activating group) is 1. The van der Waals surface area contributed by atoms with Crippen molar-refractivity contribution in [2.75, 3.05) is 26.2 Å². The maximum atomic E-state index is 12.2. The topological polar surface area (TPSA) is 29.5 Å². The van der Waals surface area contributed by atoms with E-state index in [1.54, 1.807) is 18.2 Å². The van der Waals surface area contributed by atoms with Crippen molar-refractivity contribution < 1.29 is 9.53 Å². The minimum atomic E-state index is 0.0460. The second kappa shape index (κ2) is 7.39. The predicted molar refractivity (Wildman–Crippen MR) is 74.7 cm³/mol. The molecule has 100 valence electrons. The third-order valence-electron chi connectivity index (χ3n) is 2.80. The molecule has 0 heterocycles. The molecule has 0 N–H and O–H groups in total. The van der Waals surface area contributed by atoms with Gasteiger partial charge in [0.1, 0.15) is 5.75 Å². The molecule has 0 bridgehead atoms. The van der Waals surface area contributed by atoms with Crippen LogP contribution in [0.15, 0.2) is 18.2 Å². The maximum Gasteiger partial charge on any atom is 0.180 e. The molecule has 0 aliphatic carbocycles. The Hall–Kier alpha value is -1.06. The Labute approximate surface area is 114 Å². The Morgan fingerprint density at radius 2 is 1.94 bits per heavy atom. The van der Waals surface area contributed by atoms with E-state index in [1.165, 1.54) is 0 Å². The molecule has 0 unspecified atom stereocenters. The summed E-state index contributed by atoms with van der Waals surface area (Å²) < 4.78 is 5.46. The molecule has 0 aliphatic heterocycles. The summed E-state index contributed by atoms with van der Waals surface area (Å²) in [5, 5.41) is 0.557. The van der Waals surface area contributed by atoms with Crippen molar-refractivity contribution in [3.8, 4) is 5.75 Å². The second-order valence-electron chi connectivity index (χ2n) is 3.96. The summed E-state index contributed by atoms with van der Waals surface area (Å²) >= 11 is 5.94. The number of halogens is 1. The molecule has 3 nitrogen and oxygen atoms in total. The molecule has 0 saturated heterocycles. The van der Waals surface area contributed by atoms with Crippen LogP contribution >= 0.6 is 11.6 Å². The first kappa shape index (κ1) is 15.0. The Kier molecular flexibility index (Phi) is 6.16. The number of hydrogen-bond donors (Lipinski definition) is 0. The average molecular weight is 270 g/mol. The van der Waals surface area contributed by atoms with Gasteiger partial charge in [-0.2, -0.15) is 0 Å². The second-order valence-corrected chi connectivity index (χ2v) is 4.39. The zero-order valence-electron chi connectivity index (χ0n) is 11.2. The van der Waals surface area contributed by atoms with Crippen molar-refractivity contribution in [2.24, 2.45) is 0 Å². The summed E-state index contributed by atoms with van der Waals surface area (Å²) in [4.78, 5) is 14.3. The van der Waals surface area contributed by atoms with E-state index in [-0.39, 0.29) is 5.78 Å². The fourth-order valence-corrected chi connectivity index (χ4v) is 1.91. The third-order valence-corrected chi connectivity index (χ3v) is 3.04. The van der Waals surface area contributed by atoms with Crippen LogP contribution in [0.5, 0.6) is 5.75 Å². The number of benzene rings is 1. The van der Waals surface area contributed by atoms with Gasteiger partial charge in [-0.1, -0.05) is 25.4 Å². The number of carbonyl (C=O) groups excluding carboxylic acids is 1. The van der Waals surface area contributed by atoms with Crippen molar-refractivity contribution in [3.05, 3.63) is 28.8 Å². The largest absolute Gasteiger partial charge is 0.493 e. The van der Waals surface area contributed by atoms with Gasteiger partial charge in [-0.25, -0.2) is 0 Å². The van der Waals surface area contributed by atoms with E-state index in [4.69, 9.17) is 16.3 Å². The number of Topliss-reactive ketones (excluding diaryl/α,β-unsaturated/α-hetero) is 1. The Morgan fingerprint density at radius 1 is 1.28 bits per heavy atom. The van der Waals surface area contributed by atoms with Gasteiger partial charge in [-0.15, -0.1) is 0 Å². The van der Waals surface area contributed by atoms with E-state index in [9.17, 15) is 4.79 Å². The van der Waals surface area contributed by atoms with Crippen molar-refractivity contribution in [1.29, 1.82) is 0 Å². The lowest BCUT2D eigenvalue weighted by molar-refractivity contribution is 0.0933. The molecule has 1 rings (SSSR count). The number of ether oxygens (including phenoxy) is 1. The van der Waals surface area contributed by atoms with Crippen LogP contribution in [0, 0.1) is 0 Å². The lowest BCUT2D eigenvalue weighted by Gasteiger charge is -2.18. The molecule has 18 heavy (non-hydrogen) atoms. The fraction of sp³-hybridized carbons (Fsp3) is 0.500. The molecular formula is C14H20ClNO2. The van der Waals surface area contributed by atoms with Gasteiger partial charge in [0.2, 0.25) is 0 Å². The van der Waals surface area contributed by atoms with Gasteiger partial charge >= 0.3 is 0 Å². The molecule has 0 fully saturated rings. The van der Waals surface area contributed by atoms with E-state index in [1.807, 2.05) is 20.8 Å². The smallest absolute Gasteiger partial charge is 0.180 e. The highest BCUT2D eigenvalue weighted by atomic mass is 35.5. The van der Waals surface area contributed by atoms with Gasteiger partial charge in [0.05, 0.1) is 18.7 Å². The minimum Gasteiger partial charge on any atom is -0.493 e. The molecule has 1 aromatic rings. The summed E-state index contributed by atoms with van der Waals surface area (Å²) in [6, 6.07) is 5.17.